The molecule has 0 saturated carbocycles. The van der Waals surface area contributed by atoms with E-state index < -0.39 is 6.09 Å². The van der Waals surface area contributed by atoms with Crippen LogP contribution in [0.25, 0.3) is 0 Å². The summed E-state index contributed by atoms with van der Waals surface area (Å²) in [6, 6.07) is 0. The van der Waals surface area contributed by atoms with Gasteiger partial charge in [0.2, 0.25) is 0 Å². The third-order valence-corrected chi connectivity index (χ3v) is 0.409. The predicted octanol–water partition coefficient (Wildman–Crippen LogP) is -0.280. The highest BCUT2D eigenvalue weighted by molar-refractivity contribution is 5.66. The van der Waals surface area contributed by atoms with Crippen molar-refractivity contribution in [2.24, 2.45) is 5.84 Å². The van der Waals surface area contributed by atoms with Gasteiger partial charge >= 0.3 is 6.09 Å². The van der Waals surface area contributed by atoms with Crippen LogP contribution in [-0.2, 0) is 4.74 Å². The van der Waals surface area contributed by atoms with Crippen LogP contribution in [0, 0.1) is 7.05 Å². The van der Waals surface area contributed by atoms with Gasteiger partial charge in [-0.2, -0.15) is 0 Å². The fourth-order valence-corrected chi connectivity index (χ4v) is 0.117. The average Bonchev–Trinajstić information content (AvgIpc) is 1.65. The van der Waals surface area contributed by atoms with Crippen LogP contribution < -0.4 is 5.84 Å². The predicted molar refractivity (Wildman–Crippen MR) is 23.8 cm³/mol. The van der Waals surface area contributed by atoms with E-state index in [1.165, 1.54) is 7.11 Å². The summed E-state index contributed by atoms with van der Waals surface area (Å²) in [5.74, 6) is 4.79. The molecule has 0 fully saturated rings. The van der Waals surface area contributed by atoms with Crippen molar-refractivity contribution < 1.29 is 9.53 Å². The van der Waals surface area contributed by atoms with E-state index in [0.29, 0.717) is 5.01 Å². The van der Waals surface area contributed by atoms with Gasteiger partial charge < -0.3 is 4.74 Å². The van der Waals surface area contributed by atoms with E-state index in [9.17, 15) is 4.79 Å². The highest BCUT2D eigenvalue weighted by Crippen LogP contribution is 1.76. The Hall–Kier alpha value is -0.770. The minimum atomic E-state index is -0.653. The number of rotatable bonds is 0. The number of carbonyl (C=O) groups excluding carboxylic acids is 1. The summed E-state index contributed by atoms with van der Waals surface area (Å²) in [6.45, 7) is 0. The zero-order valence-electron chi connectivity index (χ0n) is 4.05. The summed E-state index contributed by atoms with van der Waals surface area (Å²) in [6.07, 6.45) is -0.653. The maximum atomic E-state index is 10.0. The second-order valence-electron chi connectivity index (χ2n) is 0.940. The molecule has 0 aromatic carbocycles. The summed E-state index contributed by atoms with van der Waals surface area (Å²) in [5, 5.41) is 0.611. The Morgan fingerprint density at radius 3 is 2.43 bits per heavy atom. The number of nitrogens with two attached hydrogens (primary N) is 1. The molecule has 0 heterocycles. The van der Waals surface area contributed by atoms with E-state index in [-0.39, 0.29) is 0 Å². The van der Waals surface area contributed by atoms with Gasteiger partial charge in [-0.1, -0.05) is 0 Å². The molecule has 41 valence electrons. The third kappa shape index (κ3) is 1.99. The average molecular weight is 103 g/mol. The molecular weight excluding hydrogens is 96.0 g/mol. The van der Waals surface area contributed by atoms with Crippen LogP contribution in [0.3, 0.4) is 0 Å². The first-order chi connectivity index (χ1) is 3.18. The van der Waals surface area contributed by atoms with Crippen molar-refractivity contribution in [1.82, 2.24) is 5.01 Å². The van der Waals surface area contributed by atoms with Gasteiger partial charge in [0.05, 0.1) is 14.2 Å². The van der Waals surface area contributed by atoms with Crippen molar-refractivity contribution in [3.05, 3.63) is 7.05 Å². The van der Waals surface area contributed by atoms with Crippen LogP contribution in [0.15, 0.2) is 0 Å². The molecule has 0 aliphatic carbocycles. The molecule has 4 heteroatoms. The summed E-state index contributed by atoms with van der Waals surface area (Å²) in [5.41, 5.74) is 0. The summed E-state index contributed by atoms with van der Waals surface area (Å²) < 4.78 is 4.11. The van der Waals surface area contributed by atoms with Gasteiger partial charge in [0, 0.05) is 0 Å². The van der Waals surface area contributed by atoms with Gasteiger partial charge in [0.1, 0.15) is 0 Å². The quantitative estimate of drug-likeness (QED) is 0.260. The fourth-order valence-electron chi connectivity index (χ4n) is 0.117. The van der Waals surface area contributed by atoms with Gasteiger partial charge in [0.25, 0.3) is 0 Å². The Labute approximate surface area is 41.8 Å². The molecule has 4 nitrogen and oxygen atoms in total. The highest BCUT2D eigenvalue weighted by Gasteiger charge is 1.98. The second kappa shape index (κ2) is 2.41. The molecule has 0 unspecified atom stereocenters. The van der Waals surface area contributed by atoms with E-state index in [1.54, 1.807) is 0 Å². The third-order valence-electron chi connectivity index (χ3n) is 0.409. The number of amides is 1. The topological polar surface area (TPSA) is 55.6 Å². The zero-order chi connectivity index (χ0) is 5.86. The molecule has 7 heavy (non-hydrogen) atoms. The van der Waals surface area contributed by atoms with E-state index in [0.717, 1.165) is 0 Å². The molecule has 0 saturated heterocycles. The van der Waals surface area contributed by atoms with Gasteiger partial charge in [0.15, 0.2) is 0 Å². The number of hydrazine groups is 1. The van der Waals surface area contributed by atoms with Crippen molar-refractivity contribution in [2.45, 2.75) is 0 Å². The molecule has 1 radical (unpaired) electrons. The number of hydrogen-bond acceptors (Lipinski definition) is 3. The highest BCUT2D eigenvalue weighted by atomic mass is 16.5. The second-order valence-corrected chi connectivity index (χ2v) is 0.940. The maximum absolute atomic E-state index is 10.0. The van der Waals surface area contributed by atoms with Crippen LogP contribution in [0.5, 0.6) is 0 Å². The zero-order valence-corrected chi connectivity index (χ0v) is 4.05. The Morgan fingerprint density at radius 2 is 2.43 bits per heavy atom. The Balaban J connectivity index is 3.35. The van der Waals surface area contributed by atoms with Gasteiger partial charge in [-0.15, -0.1) is 0 Å². The number of nitrogens with zero attached hydrogens (tertiary/aromatic N) is 1. The number of ether oxygens (including phenoxy) is 1. The monoisotopic (exact) mass is 103 g/mol. The molecule has 0 bridgehead atoms. The number of carbonyl (C=O) groups is 1. The fraction of sp³-hybridized carbons (Fsp3) is 0.333. The van der Waals surface area contributed by atoms with E-state index in [4.69, 9.17) is 5.84 Å². The van der Waals surface area contributed by atoms with Crippen molar-refractivity contribution in [3.8, 4) is 0 Å². The lowest BCUT2D eigenvalue weighted by Crippen LogP contribution is -2.30. The minimum Gasteiger partial charge on any atom is -0.452 e. The van der Waals surface area contributed by atoms with E-state index >= 15 is 0 Å². The standard InChI is InChI=1S/C3H7N2O2/c1-5(4)3(6)7-2/h1,4H2,2H3. The van der Waals surface area contributed by atoms with Gasteiger partial charge in [-0.25, -0.2) is 15.6 Å². The molecule has 0 rings (SSSR count). The molecule has 1 amide bonds. The van der Waals surface area contributed by atoms with Crippen molar-refractivity contribution >= 4 is 6.09 Å². The lowest BCUT2D eigenvalue weighted by Gasteiger charge is -2.04. The minimum absolute atomic E-state index is 0.611. The Bertz CT molecular complexity index is 71.3. The molecule has 0 spiro atoms. The summed E-state index contributed by atoms with van der Waals surface area (Å²) in [4.78, 5) is 10.0. The van der Waals surface area contributed by atoms with Crippen LogP contribution in [0.2, 0.25) is 0 Å². The lowest BCUT2D eigenvalue weighted by molar-refractivity contribution is 0.139. The largest absolute Gasteiger partial charge is 0.452 e. The van der Waals surface area contributed by atoms with Gasteiger partial charge in [-0.05, 0) is 0 Å². The molecule has 0 aliphatic heterocycles. The first-order valence-corrected chi connectivity index (χ1v) is 1.61. The molecular formula is C3H7N2O2. The van der Waals surface area contributed by atoms with Gasteiger partial charge in [-0.3, -0.25) is 0 Å². The first kappa shape index (κ1) is 6.23. The van der Waals surface area contributed by atoms with Crippen LogP contribution in [-0.4, -0.2) is 18.2 Å². The van der Waals surface area contributed by atoms with Crippen LogP contribution in [0.4, 0.5) is 4.79 Å². The molecule has 2 N–H and O–H groups in total. The summed E-state index contributed by atoms with van der Waals surface area (Å²) in [7, 11) is 4.28. The number of hydrogen-bond donors (Lipinski definition) is 1. The first-order valence-electron chi connectivity index (χ1n) is 1.61. The molecule has 0 aromatic heterocycles. The molecule has 0 aliphatic rings. The Morgan fingerprint density at radius 1 is 2.00 bits per heavy atom. The van der Waals surface area contributed by atoms with Crippen LogP contribution in [0.1, 0.15) is 0 Å². The smallest absolute Gasteiger partial charge is 0.423 e. The Kier molecular flexibility index (Phi) is 2.15. The van der Waals surface area contributed by atoms with Crippen molar-refractivity contribution in [1.29, 1.82) is 0 Å². The van der Waals surface area contributed by atoms with Crippen LogP contribution >= 0.6 is 0 Å². The summed E-state index contributed by atoms with van der Waals surface area (Å²) >= 11 is 0. The molecule has 0 atom stereocenters. The van der Waals surface area contributed by atoms with Crippen molar-refractivity contribution in [2.75, 3.05) is 7.11 Å². The SMILES string of the molecule is [CH2]N(N)C(=O)OC. The van der Waals surface area contributed by atoms with E-state index in [1.807, 2.05) is 0 Å². The van der Waals surface area contributed by atoms with Crippen molar-refractivity contribution in [3.63, 3.8) is 0 Å². The number of methoxy groups -OCH3 is 1. The lowest BCUT2D eigenvalue weighted by atomic mass is 11.0. The molecule has 0 aromatic rings. The maximum Gasteiger partial charge on any atom is 0.423 e. The normalized spacial score (nSPS) is 7.86. The van der Waals surface area contributed by atoms with E-state index in [2.05, 4.69) is 11.8 Å².